The predicted octanol–water partition coefficient (Wildman–Crippen LogP) is 4.74. The molecular formula is C19H26ClNO2. The first-order valence-corrected chi connectivity index (χ1v) is 7.70. The summed E-state index contributed by atoms with van der Waals surface area (Å²) < 4.78 is 11.3. The lowest BCUT2D eigenvalue weighted by Crippen LogP contribution is -2.13. The Morgan fingerprint density at radius 2 is 1.70 bits per heavy atom. The highest BCUT2D eigenvalue weighted by molar-refractivity contribution is 5.85. The first-order chi connectivity index (χ1) is 10.6. The number of benzene rings is 2. The number of halogens is 1. The largest absolute Gasteiger partial charge is 0.493 e. The number of ether oxygens (including phenoxy) is 2. The minimum absolute atomic E-state index is 0. The van der Waals surface area contributed by atoms with Crippen LogP contribution in [0.25, 0.3) is 0 Å². The van der Waals surface area contributed by atoms with Crippen molar-refractivity contribution < 1.29 is 9.47 Å². The molecule has 0 bridgehead atoms. The van der Waals surface area contributed by atoms with Crippen LogP contribution in [0.3, 0.4) is 0 Å². The molecule has 0 aliphatic carbocycles. The molecule has 1 atom stereocenters. The monoisotopic (exact) mass is 335 g/mol. The van der Waals surface area contributed by atoms with Gasteiger partial charge in [0.15, 0.2) is 11.5 Å². The third-order valence-corrected chi connectivity index (χ3v) is 3.58. The molecule has 2 aromatic rings. The highest BCUT2D eigenvalue weighted by atomic mass is 35.5. The van der Waals surface area contributed by atoms with E-state index in [9.17, 15) is 0 Å². The van der Waals surface area contributed by atoms with Gasteiger partial charge in [0.2, 0.25) is 0 Å². The number of methoxy groups -OCH3 is 1. The number of rotatable bonds is 7. The van der Waals surface area contributed by atoms with Crippen molar-refractivity contribution in [3.05, 3.63) is 59.7 Å². The van der Waals surface area contributed by atoms with E-state index in [0.717, 1.165) is 29.0 Å². The minimum Gasteiger partial charge on any atom is -0.493 e. The second kappa shape index (κ2) is 9.43. The van der Waals surface area contributed by atoms with Gasteiger partial charge in [0.25, 0.3) is 0 Å². The van der Waals surface area contributed by atoms with Crippen molar-refractivity contribution in [1.29, 1.82) is 0 Å². The van der Waals surface area contributed by atoms with Gasteiger partial charge in [0, 0.05) is 6.04 Å². The number of hydrogen-bond donors (Lipinski definition) is 1. The molecule has 3 nitrogen and oxygen atoms in total. The number of hydrogen-bond acceptors (Lipinski definition) is 3. The molecule has 23 heavy (non-hydrogen) atoms. The molecule has 2 N–H and O–H groups in total. The molecular weight excluding hydrogens is 310 g/mol. The Balaban J connectivity index is 0.00000264. The van der Waals surface area contributed by atoms with Crippen LogP contribution < -0.4 is 15.2 Å². The van der Waals surface area contributed by atoms with Crippen molar-refractivity contribution in [2.24, 2.45) is 11.7 Å². The van der Waals surface area contributed by atoms with Crippen molar-refractivity contribution in [2.75, 3.05) is 7.11 Å². The Bertz CT molecular complexity index is 587. The van der Waals surface area contributed by atoms with Crippen molar-refractivity contribution >= 4 is 12.4 Å². The van der Waals surface area contributed by atoms with E-state index in [1.54, 1.807) is 7.11 Å². The van der Waals surface area contributed by atoms with Crippen LogP contribution in [-0.2, 0) is 6.61 Å². The lowest BCUT2D eigenvalue weighted by Gasteiger charge is -2.17. The third-order valence-electron chi connectivity index (χ3n) is 3.58. The molecule has 126 valence electrons. The molecule has 2 aromatic carbocycles. The maximum absolute atomic E-state index is 6.27. The van der Waals surface area contributed by atoms with Gasteiger partial charge in [-0.1, -0.05) is 50.2 Å². The second-order valence-electron chi connectivity index (χ2n) is 5.92. The van der Waals surface area contributed by atoms with Gasteiger partial charge in [-0.2, -0.15) is 0 Å². The first kappa shape index (κ1) is 19.3. The van der Waals surface area contributed by atoms with Gasteiger partial charge in [-0.3, -0.25) is 0 Å². The molecule has 4 heteroatoms. The van der Waals surface area contributed by atoms with Gasteiger partial charge in [-0.05, 0) is 35.6 Å². The average molecular weight is 336 g/mol. The summed E-state index contributed by atoms with van der Waals surface area (Å²) in [7, 11) is 1.65. The summed E-state index contributed by atoms with van der Waals surface area (Å²) in [6.07, 6.45) is 0.949. The Labute approximate surface area is 145 Å². The average Bonchev–Trinajstić information content (AvgIpc) is 2.53. The normalized spacial score (nSPS) is 11.7. The van der Waals surface area contributed by atoms with E-state index in [-0.39, 0.29) is 18.4 Å². The van der Waals surface area contributed by atoms with Gasteiger partial charge >= 0.3 is 0 Å². The molecule has 0 amide bonds. The van der Waals surface area contributed by atoms with Gasteiger partial charge in [-0.25, -0.2) is 0 Å². The van der Waals surface area contributed by atoms with E-state index in [0.29, 0.717) is 12.5 Å². The van der Waals surface area contributed by atoms with Crippen molar-refractivity contribution in [2.45, 2.75) is 32.9 Å². The Morgan fingerprint density at radius 1 is 1.00 bits per heavy atom. The fraction of sp³-hybridized carbons (Fsp3) is 0.368. The van der Waals surface area contributed by atoms with E-state index < -0.39 is 0 Å². The van der Waals surface area contributed by atoms with Crippen molar-refractivity contribution in [1.82, 2.24) is 0 Å². The zero-order chi connectivity index (χ0) is 15.9. The first-order valence-electron chi connectivity index (χ1n) is 7.70. The minimum atomic E-state index is 0. The summed E-state index contributed by atoms with van der Waals surface area (Å²) in [5.41, 5.74) is 8.47. The Morgan fingerprint density at radius 3 is 2.30 bits per heavy atom. The molecule has 0 heterocycles. The molecule has 0 aliphatic heterocycles. The van der Waals surface area contributed by atoms with E-state index >= 15 is 0 Å². The van der Waals surface area contributed by atoms with E-state index in [2.05, 4.69) is 13.8 Å². The lowest BCUT2D eigenvalue weighted by molar-refractivity contribution is 0.284. The molecule has 0 fully saturated rings. The SMILES string of the molecule is COc1ccc([C@H](N)CC(C)C)cc1OCc1ccccc1.Cl. The van der Waals surface area contributed by atoms with E-state index in [1.165, 1.54) is 0 Å². The predicted molar refractivity (Wildman–Crippen MR) is 97.4 cm³/mol. The fourth-order valence-corrected chi connectivity index (χ4v) is 2.42. The Kier molecular flexibility index (Phi) is 7.93. The van der Waals surface area contributed by atoms with Gasteiger partial charge in [0.05, 0.1) is 7.11 Å². The molecule has 2 rings (SSSR count). The molecule has 0 aliphatic rings. The molecule has 0 spiro atoms. The summed E-state index contributed by atoms with van der Waals surface area (Å²) in [5, 5.41) is 0. The van der Waals surface area contributed by atoms with Crippen molar-refractivity contribution in [3.8, 4) is 11.5 Å². The number of nitrogens with two attached hydrogens (primary N) is 1. The fourth-order valence-electron chi connectivity index (χ4n) is 2.42. The highest BCUT2D eigenvalue weighted by Crippen LogP contribution is 2.32. The van der Waals surface area contributed by atoms with Crippen LogP contribution in [0, 0.1) is 5.92 Å². The molecule has 0 saturated heterocycles. The van der Waals surface area contributed by atoms with E-state index in [1.807, 2.05) is 48.5 Å². The topological polar surface area (TPSA) is 44.5 Å². The highest BCUT2D eigenvalue weighted by Gasteiger charge is 2.12. The summed E-state index contributed by atoms with van der Waals surface area (Å²) in [4.78, 5) is 0. The van der Waals surface area contributed by atoms with Crippen LogP contribution >= 0.6 is 12.4 Å². The smallest absolute Gasteiger partial charge is 0.161 e. The summed E-state index contributed by atoms with van der Waals surface area (Å²) in [6, 6.07) is 16.0. The zero-order valence-corrected chi connectivity index (χ0v) is 14.8. The summed E-state index contributed by atoms with van der Waals surface area (Å²) in [5.74, 6) is 2.03. The molecule has 0 radical (unpaired) electrons. The standard InChI is InChI=1S/C19H25NO2.ClH/c1-14(2)11-17(20)16-9-10-18(21-3)19(12-16)22-13-15-7-5-4-6-8-15;/h4-10,12,14,17H,11,13,20H2,1-3H3;1H/t17-;/m1./s1. The van der Waals surface area contributed by atoms with Crippen LogP contribution in [0.5, 0.6) is 11.5 Å². The third kappa shape index (κ3) is 5.77. The Hall–Kier alpha value is -1.71. The van der Waals surface area contributed by atoms with Gasteiger partial charge in [-0.15, -0.1) is 12.4 Å². The molecule has 0 aromatic heterocycles. The van der Waals surface area contributed by atoms with Crippen molar-refractivity contribution in [3.63, 3.8) is 0 Å². The second-order valence-corrected chi connectivity index (χ2v) is 5.92. The van der Waals surface area contributed by atoms with Crippen LogP contribution in [-0.4, -0.2) is 7.11 Å². The summed E-state index contributed by atoms with van der Waals surface area (Å²) in [6.45, 7) is 4.87. The van der Waals surface area contributed by atoms with Crippen LogP contribution in [0.2, 0.25) is 0 Å². The van der Waals surface area contributed by atoms with Crippen LogP contribution in [0.4, 0.5) is 0 Å². The molecule has 0 unspecified atom stereocenters. The quantitative estimate of drug-likeness (QED) is 0.794. The summed E-state index contributed by atoms with van der Waals surface area (Å²) >= 11 is 0. The lowest BCUT2D eigenvalue weighted by atomic mass is 9.97. The maximum Gasteiger partial charge on any atom is 0.161 e. The van der Waals surface area contributed by atoms with E-state index in [4.69, 9.17) is 15.2 Å². The van der Waals surface area contributed by atoms with Crippen LogP contribution in [0.1, 0.15) is 37.4 Å². The zero-order valence-electron chi connectivity index (χ0n) is 14.0. The maximum atomic E-state index is 6.27. The van der Waals surface area contributed by atoms with Gasteiger partial charge < -0.3 is 15.2 Å². The van der Waals surface area contributed by atoms with Crippen LogP contribution in [0.15, 0.2) is 48.5 Å². The molecule has 0 saturated carbocycles. The van der Waals surface area contributed by atoms with Gasteiger partial charge in [0.1, 0.15) is 6.61 Å².